The molecule has 2 rings (SSSR count). The SMILES string of the molecule is CCS(=O)(=O)Nc1ccc(NCc2cccc(OC)c2)cc1C. The molecule has 0 aliphatic heterocycles. The summed E-state index contributed by atoms with van der Waals surface area (Å²) in [6, 6.07) is 13.4. The maximum absolute atomic E-state index is 11.6. The fourth-order valence-electron chi connectivity index (χ4n) is 2.11. The molecule has 0 spiro atoms. The van der Waals surface area contributed by atoms with Gasteiger partial charge in [-0.05, 0) is 55.3 Å². The van der Waals surface area contributed by atoms with E-state index >= 15 is 0 Å². The molecule has 2 aromatic rings. The van der Waals surface area contributed by atoms with Crippen molar-refractivity contribution in [2.45, 2.75) is 20.4 Å². The van der Waals surface area contributed by atoms with Crippen LogP contribution in [0.2, 0.25) is 0 Å². The first-order valence-electron chi connectivity index (χ1n) is 7.41. The van der Waals surface area contributed by atoms with Crippen molar-refractivity contribution in [3.63, 3.8) is 0 Å². The van der Waals surface area contributed by atoms with Crippen molar-refractivity contribution in [1.82, 2.24) is 0 Å². The van der Waals surface area contributed by atoms with Gasteiger partial charge in [0.05, 0.1) is 18.6 Å². The van der Waals surface area contributed by atoms with Crippen molar-refractivity contribution in [2.75, 3.05) is 22.9 Å². The van der Waals surface area contributed by atoms with Gasteiger partial charge in [-0.15, -0.1) is 0 Å². The van der Waals surface area contributed by atoms with E-state index in [0.717, 1.165) is 22.6 Å². The van der Waals surface area contributed by atoms with Gasteiger partial charge in [0.1, 0.15) is 5.75 Å². The number of methoxy groups -OCH3 is 1. The van der Waals surface area contributed by atoms with Crippen molar-refractivity contribution >= 4 is 21.4 Å². The predicted molar refractivity (Wildman–Crippen MR) is 94.6 cm³/mol. The summed E-state index contributed by atoms with van der Waals surface area (Å²) in [6.07, 6.45) is 0. The van der Waals surface area contributed by atoms with E-state index in [1.165, 1.54) is 0 Å². The van der Waals surface area contributed by atoms with Crippen LogP contribution >= 0.6 is 0 Å². The number of aryl methyl sites for hydroxylation is 1. The molecular formula is C17H22N2O3S. The van der Waals surface area contributed by atoms with Gasteiger partial charge >= 0.3 is 0 Å². The third kappa shape index (κ3) is 4.89. The third-order valence-corrected chi connectivity index (χ3v) is 4.79. The Morgan fingerprint density at radius 1 is 1.13 bits per heavy atom. The highest BCUT2D eigenvalue weighted by atomic mass is 32.2. The zero-order valence-electron chi connectivity index (χ0n) is 13.6. The Labute approximate surface area is 137 Å². The normalized spacial score (nSPS) is 11.1. The first-order chi connectivity index (χ1) is 10.9. The highest BCUT2D eigenvalue weighted by Crippen LogP contribution is 2.22. The van der Waals surface area contributed by atoms with Gasteiger partial charge in [0.15, 0.2) is 0 Å². The predicted octanol–water partition coefficient (Wildman–Crippen LogP) is 3.38. The summed E-state index contributed by atoms with van der Waals surface area (Å²) in [5.74, 6) is 0.882. The minimum absolute atomic E-state index is 0.0578. The van der Waals surface area contributed by atoms with Crippen molar-refractivity contribution in [1.29, 1.82) is 0 Å². The Morgan fingerprint density at radius 3 is 2.57 bits per heavy atom. The van der Waals surface area contributed by atoms with Crippen LogP contribution in [-0.4, -0.2) is 21.3 Å². The lowest BCUT2D eigenvalue weighted by Crippen LogP contribution is -2.15. The molecule has 124 valence electrons. The lowest BCUT2D eigenvalue weighted by atomic mass is 10.1. The van der Waals surface area contributed by atoms with Gasteiger partial charge in [0.25, 0.3) is 0 Å². The molecule has 0 atom stereocenters. The lowest BCUT2D eigenvalue weighted by molar-refractivity contribution is 0.414. The summed E-state index contributed by atoms with van der Waals surface area (Å²) in [6.45, 7) is 4.16. The average molecular weight is 334 g/mol. The number of anilines is 2. The fourth-order valence-corrected chi connectivity index (χ4v) is 2.82. The van der Waals surface area contributed by atoms with Crippen molar-refractivity contribution in [2.24, 2.45) is 0 Å². The van der Waals surface area contributed by atoms with Gasteiger partial charge in [-0.25, -0.2) is 8.42 Å². The smallest absolute Gasteiger partial charge is 0.232 e. The summed E-state index contributed by atoms with van der Waals surface area (Å²) >= 11 is 0. The van der Waals surface area contributed by atoms with Crippen LogP contribution in [-0.2, 0) is 16.6 Å². The second-order valence-electron chi connectivity index (χ2n) is 5.24. The average Bonchev–Trinajstić information content (AvgIpc) is 2.55. The number of hydrogen-bond donors (Lipinski definition) is 2. The minimum Gasteiger partial charge on any atom is -0.497 e. The molecule has 0 amide bonds. The Bertz CT molecular complexity index is 773. The second kappa shape index (κ2) is 7.37. The summed E-state index contributed by atoms with van der Waals surface area (Å²) in [7, 11) is -1.61. The Balaban J connectivity index is 2.05. The van der Waals surface area contributed by atoms with Gasteiger partial charge in [-0.3, -0.25) is 4.72 Å². The summed E-state index contributed by atoms with van der Waals surface area (Å²) in [5, 5.41) is 3.32. The number of nitrogens with one attached hydrogen (secondary N) is 2. The monoisotopic (exact) mass is 334 g/mol. The number of benzene rings is 2. The van der Waals surface area contributed by atoms with Crippen LogP contribution in [0.5, 0.6) is 5.75 Å². The summed E-state index contributed by atoms with van der Waals surface area (Å²) in [5.41, 5.74) is 3.53. The summed E-state index contributed by atoms with van der Waals surface area (Å²) in [4.78, 5) is 0. The summed E-state index contributed by atoms with van der Waals surface area (Å²) < 4.78 is 31.1. The third-order valence-electron chi connectivity index (χ3n) is 3.50. The highest BCUT2D eigenvalue weighted by Gasteiger charge is 2.09. The van der Waals surface area contributed by atoms with Crippen LogP contribution in [0.1, 0.15) is 18.1 Å². The van der Waals surface area contributed by atoms with Crippen molar-refractivity contribution < 1.29 is 13.2 Å². The Morgan fingerprint density at radius 2 is 1.91 bits per heavy atom. The number of rotatable bonds is 7. The molecule has 0 unspecified atom stereocenters. The first kappa shape index (κ1) is 17.1. The highest BCUT2D eigenvalue weighted by molar-refractivity contribution is 7.92. The topological polar surface area (TPSA) is 67.4 Å². The van der Waals surface area contributed by atoms with E-state index in [1.807, 2.05) is 43.3 Å². The van der Waals surface area contributed by atoms with E-state index in [-0.39, 0.29) is 5.75 Å². The molecule has 0 heterocycles. The molecule has 2 aromatic carbocycles. The molecule has 0 aromatic heterocycles. The minimum atomic E-state index is -3.26. The molecular weight excluding hydrogens is 312 g/mol. The zero-order valence-corrected chi connectivity index (χ0v) is 14.4. The molecule has 2 N–H and O–H groups in total. The molecule has 0 aliphatic carbocycles. The molecule has 0 aliphatic rings. The molecule has 5 nitrogen and oxygen atoms in total. The van der Waals surface area contributed by atoms with Crippen molar-refractivity contribution in [3.05, 3.63) is 53.6 Å². The lowest BCUT2D eigenvalue weighted by Gasteiger charge is -2.12. The van der Waals surface area contributed by atoms with Crippen LogP contribution < -0.4 is 14.8 Å². The van der Waals surface area contributed by atoms with E-state index in [4.69, 9.17) is 4.74 Å². The van der Waals surface area contributed by atoms with E-state index in [1.54, 1.807) is 20.1 Å². The van der Waals surface area contributed by atoms with Gasteiger partial charge in [-0.1, -0.05) is 12.1 Å². The van der Waals surface area contributed by atoms with Crippen LogP contribution in [0.25, 0.3) is 0 Å². The van der Waals surface area contributed by atoms with E-state index in [2.05, 4.69) is 10.0 Å². The maximum atomic E-state index is 11.6. The maximum Gasteiger partial charge on any atom is 0.232 e. The zero-order chi connectivity index (χ0) is 16.9. The van der Waals surface area contributed by atoms with Crippen LogP contribution in [0.3, 0.4) is 0 Å². The Hall–Kier alpha value is -2.21. The van der Waals surface area contributed by atoms with Crippen LogP contribution in [0, 0.1) is 6.92 Å². The largest absolute Gasteiger partial charge is 0.497 e. The second-order valence-corrected chi connectivity index (χ2v) is 7.25. The van der Waals surface area contributed by atoms with Crippen LogP contribution in [0.4, 0.5) is 11.4 Å². The molecule has 0 saturated heterocycles. The molecule has 0 fully saturated rings. The Kier molecular flexibility index (Phi) is 5.50. The number of hydrogen-bond acceptors (Lipinski definition) is 4. The van der Waals surface area contributed by atoms with Crippen molar-refractivity contribution in [3.8, 4) is 5.75 Å². The van der Waals surface area contributed by atoms with Crippen LogP contribution in [0.15, 0.2) is 42.5 Å². The molecule has 0 saturated carbocycles. The first-order valence-corrected chi connectivity index (χ1v) is 9.06. The number of sulfonamides is 1. The van der Waals surface area contributed by atoms with E-state index < -0.39 is 10.0 Å². The number of ether oxygens (including phenoxy) is 1. The quantitative estimate of drug-likeness (QED) is 0.814. The van der Waals surface area contributed by atoms with Gasteiger partial charge in [0, 0.05) is 12.2 Å². The van der Waals surface area contributed by atoms with Gasteiger partial charge in [0.2, 0.25) is 10.0 Å². The molecule has 0 bridgehead atoms. The van der Waals surface area contributed by atoms with E-state index in [0.29, 0.717) is 12.2 Å². The fraction of sp³-hybridized carbons (Fsp3) is 0.294. The van der Waals surface area contributed by atoms with Gasteiger partial charge in [-0.2, -0.15) is 0 Å². The molecule has 6 heteroatoms. The van der Waals surface area contributed by atoms with E-state index in [9.17, 15) is 8.42 Å². The molecule has 23 heavy (non-hydrogen) atoms. The molecule has 0 radical (unpaired) electrons. The standard InChI is InChI=1S/C17H22N2O3S/c1-4-23(20,21)19-17-9-8-15(10-13(17)2)18-12-14-6-5-7-16(11-14)22-3/h5-11,18-19H,4,12H2,1-3H3. The van der Waals surface area contributed by atoms with Gasteiger partial charge < -0.3 is 10.1 Å².